The van der Waals surface area contributed by atoms with Crippen LogP contribution in [-0.4, -0.2) is 112 Å². The minimum Gasteiger partial charge on any atom is -0.475 e. The number of piperazine rings is 1. The smallest absolute Gasteiger partial charge is 0.257 e. The molecule has 0 unspecified atom stereocenters. The van der Waals surface area contributed by atoms with Crippen molar-refractivity contribution in [2.24, 2.45) is 0 Å². The van der Waals surface area contributed by atoms with Gasteiger partial charge in [0.1, 0.15) is 18.8 Å². The molecule has 12 nitrogen and oxygen atoms in total. The minimum atomic E-state index is -0.417. The van der Waals surface area contributed by atoms with Gasteiger partial charge in [0.2, 0.25) is 17.7 Å². The van der Waals surface area contributed by atoms with Gasteiger partial charge in [-0.25, -0.2) is 9.97 Å². The zero-order chi connectivity index (χ0) is 24.4. The van der Waals surface area contributed by atoms with Gasteiger partial charge >= 0.3 is 0 Å². The van der Waals surface area contributed by atoms with Crippen molar-refractivity contribution in [3.63, 3.8) is 0 Å². The average molecular weight is 484 g/mol. The number of hydrogen-bond donors (Lipinski definition) is 2. The Bertz CT molecular complexity index is 1080. The Morgan fingerprint density at radius 2 is 2.17 bits per heavy atom. The molecule has 0 aliphatic carbocycles. The number of amides is 3. The van der Waals surface area contributed by atoms with Crippen LogP contribution in [0.25, 0.3) is 0 Å². The topological polar surface area (TPSA) is 133 Å². The largest absolute Gasteiger partial charge is 0.475 e. The molecular formula is C23H29N7O5. The maximum Gasteiger partial charge on any atom is 0.257 e. The van der Waals surface area contributed by atoms with E-state index in [1.54, 1.807) is 35.8 Å². The molecule has 0 saturated carbocycles. The highest BCUT2D eigenvalue weighted by Gasteiger charge is 2.43. The molecule has 0 radical (unpaired) electrons. The number of methoxy groups -OCH3 is 1. The summed E-state index contributed by atoms with van der Waals surface area (Å²) in [4.78, 5) is 56.5. The van der Waals surface area contributed by atoms with E-state index in [2.05, 4.69) is 25.2 Å². The van der Waals surface area contributed by atoms with Crippen LogP contribution in [0.1, 0.15) is 22.5 Å². The molecule has 5 heterocycles. The molecule has 2 N–H and O–H groups in total. The van der Waals surface area contributed by atoms with Gasteiger partial charge in [-0.15, -0.1) is 0 Å². The molecule has 0 aromatic carbocycles. The lowest BCUT2D eigenvalue weighted by Gasteiger charge is -2.43. The molecule has 2 aromatic rings. The maximum atomic E-state index is 13.9. The van der Waals surface area contributed by atoms with Gasteiger partial charge < -0.3 is 29.6 Å². The summed E-state index contributed by atoms with van der Waals surface area (Å²) < 4.78 is 11.0. The van der Waals surface area contributed by atoms with E-state index in [1.165, 1.54) is 7.11 Å². The number of likely N-dealkylation sites (tertiary alicyclic amines) is 1. The molecule has 3 aliphatic heterocycles. The lowest BCUT2D eigenvalue weighted by atomic mass is 10.1. The van der Waals surface area contributed by atoms with Gasteiger partial charge in [0.05, 0.1) is 18.4 Å². The number of rotatable bonds is 4. The van der Waals surface area contributed by atoms with Crippen LogP contribution in [0.15, 0.2) is 30.9 Å². The first-order valence-electron chi connectivity index (χ1n) is 11.7. The number of imidazole rings is 1. The Labute approximate surface area is 202 Å². The van der Waals surface area contributed by atoms with E-state index < -0.39 is 6.04 Å². The van der Waals surface area contributed by atoms with Gasteiger partial charge in [0.25, 0.3) is 5.91 Å². The fraction of sp³-hybridized carbons (Fsp3) is 0.522. The Balaban J connectivity index is 1.46. The van der Waals surface area contributed by atoms with Crippen molar-refractivity contribution in [2.45, 2.75) is 31.1 Å². The number of aromatic nitrogens is 3. The lowest BCUT2D eigenvalue weighted by molar-refractivity contribution is -0.148. The molecule has 186 valence electrons. The molecule has 3 aliphatic rings. The second-order valence-electron chi connectivity index (χ2n) is 9.05. The van der Waals surface area contributed by atoms with Gasteiger partial charge in [0, 0.05) is 64.0 Å². The number of ether oxygens (including phenoxy) is 2. The summed E-state index contributed by atoms with van der Waals surface area (Å²) in [7, 11) is 1.48. The van der Waals surface area contributed by atoms with Crippen LogP contribution >= 0.6 is 0 Å². The van der Waals surface area contributed by atoms with Crippen LogP contribution in [0.3, 0.4) is 0 Å². The number of aromatic amines is 1. The van der Waals surface area contributed by atoms with Crippen molar-refractivity contribution < 1.29 is 23.9 Å². The van der Waals surface area contributed by atoms with Crippen molar-refractivity contribution in [3.05, 3.63) is 42.1 Å². The number of fused-ring (bicyclic) bond motifs is 4. The quantitative estimate of drug-likeness (QED) is 0.581. The van der Waals surface area contributed by atoms with Crippen molar-refractivity contribution in [1.82, 2.24) is 35.0 Å². The molecule has 2 saturated heterocycles. The predicted molar refractivity (Wildman–Crippen MR) is 122 cm³/mol. The van der Waals surface area contributed by atoms with Crippen molar-refractivity contribution >= 4 is 17.7 Å². The highest BCUT2D eigenvalue weighted by atomic mass is 16.5. The fourth-order valence-corrected chi connectivity index (χ4v) is 5.07. The van der Waals surface area contributed by atoms with E-state index in [-0.39, 0.29) is 48.9 Å². The van der Waals surface area contributed by atoms with Crippen LogP contribution < -0.4 is 10.1 Å². The molecule has 3 atom stereocenters. The zero-order valence-electron chi connectivity index (χ0n) is 19.6. The molecule has 3 amide bonds. The number of nitrogens with zero attached hydrogens (tertiary/aromatic N) is 5. The normalized spacial score (nSPS) is 25.1. The first kappa shape index (κ1) is 23.2. The minimum absolute atomic E-state index is 0.0195. The first-order valence-corrected chi connectivity index (χ1v) is 11.7. The number of pyridine rings is 1. The van der Waals surface area contributed by atoms with E-state index in [0.717, 1.165) is 5.69 Å². The second-order valence-corrected chi connectivity index (χ2v) is 9.05. The van der Waals surface area contributed by atoms with Gasteiger partial charge in [-0.05, 0) is 18.6 Å². The number of H-pyrrole nitrogens is 1. The molecule has 0 spiro atoms. The first-order chi connectivity index (χ1) is 17.0. The van der Waals surface area contributed by atoms with E-state index in [9.17, 15) is 14.4 Å². The van der Waals surface area contributed by atoms with Gasteiger partial charge in [-0.1, -0.05) is 0 Å². The van der Waals surface area contributed by atoms with Gasteiger partial charge in [-0.2, -0.15) is 0 Å². The summed E-state index contributed by atoms with van der Waals surface area (Å²) in [6, 6.07) is 2.35. The number of hydrogen-bond acceptors (Lipinski definition) is 8. The van der Waals surface area contributed by atoms with Crippen LogP contribution in [0.4, 0.5) is 0 Å². The molecule has 2 aromatic heterocycles. The summed E-state index contributed by atoms with van der Waals surface area (Å²) in [6.07, 6.45) is 5.40. The standard InChI is InChI=1S/C23H29N7O5/c1-34-13-20(31)28-5-6-30-17(11-28)12-35-22-18(3-2-4-25-22)21(32)27-15-7-19(23(30)33)29(9-15)10-16-8-24-14-26-16/h2-4,8,14-15,17,19H,5-7,9-13H2,1H3,(H,24,26)(H,27,32)/t15-,17+,19+/m1/s1. The Kier molecular flexibility index (Phi) is 6.64. The van der Waals surface area contributed by atoms with Gasteiger partial charge in [-0.3, -0.25) is 19.3 Å². The maximum absolute atomic E-state index is 13.9. The van der Waals surface area contributed by atoms with Crippen LogP contribution in [-0.2, 0) is 20.9 Å². The highest BCUT2D eigenvalue weighted by molar-refractivity contribution is 5.96. The molecule has 2 fully saturated rings. The van der Waals surface area contributed by atoms with Crippen LogP contribution in [0.2, 0.25) is 0 Å². The molecule has 35 heavy (non-hydrogen) atoms. The van der Waals surface area contributed by atoms with E-state index >= 15 is 0 Å². The third kappa shape index (κ3) is 4.84. The molecule has 12 heteroatoms. The summed E-state index contributed by atoms with van der Waals surface area (Å²) in [5.74, 6) is -0.242. The highest BCUT2D eigenvalue weighted by Crippen LogP contribution is 2.26. The summed E-state index contributed by atoms with van der Waals surface area (Å²) in [6.45, 7) is 2.25. The van der Waals surface area contributed by atoms with E-state index in [0.29, 0.717) is 44.7 Å². The van der Waals surface area contributed by atoms with Crippen LogP contribution in [0, 0.1) is 0 Å². The molecule has 5 rings (SSSR count). The third-order valence-corrected chi connectivity index (χ3v) is 6.77. The monoisotopic (exact) mass is 483 g/mol. The third-order valence-electron chi connectivity index (χ3n) is 6.77. The summed E-state index contributed by atoms with van der Waals surface area (Å²) >= 11 is 0. The molecule has 2 bridgehead atoms. The average Bonchev–Trinajstić information content (AvgIpc) is 3.52. The lowest BCUT2D eigenvalue weighted by Crippen LogP contribution is -2.61. The molecular weight excluding hydrogens is 454 g/mol. The van der Waals surface area contributed by atoms with E-state index in [1.807, 2.05) is 4.90 Å². The summed E-state index contributed by atoms with van der Waals surface area (Å²) in [5, 5.41) is 3.06. The number of nitrogens with one attached hydrogen (secondary N) is 2. The Morgan fingerprint density at radius 1 is 1.29 bits per heavy atom. The number of carbonyl (C=O) groups excluding carboxylic acids is 3. The fourth-order valence-electron chi connectivity index (χ4n) is 5.07. The van der Waals surface area contributed by atoms with Crippen LogP contribution in [0.5, 0.6) is 5.88 Å². The SMILES string of the molecule is COCC(=O)N1CCN2C(=O)[C@@H]3C[C@H](CN3Cc3cnc[nH]3)NC(=O)c3cccnc3OC[C@@H]2C1. The van der Waals surface area contributed by atoms with Crippen molar-refractivity contribution in [2.75, 3.05) is 46.5 Å². The summed E-state index contributed by atoms with van der Waals surface area (Å²) in [5.41, 5.74) is 1.24. The predicted octanol–water partition coefficient (Wildman–Crippen LogP) is -0.744. The Hall–Kier alpha value is -3.51. The van der Waals surface area contributed by atoms with Crippen molar-refractivity contribution in [1.29, 1.82) is 0 Å². The Morgan fingerprint density at radius 3 is 2.97 bits per heavy atom. The van der Waals surface area contributed by atoms with Gasteiger partial charge in [0.15, 0.2) is 0 Å². The van der Waals surface area contributed by atoms with Crippen molar-refractivity contribution in [3.8, 4) is 5.88 Å². The van der Waals surface area contributed by atoms with E-state index in [4.69, 9.17) is 9.47 Å². The number of carbonyl (C=O) groups is 3. The second kappa shape index (κ2) is 10.0. The zero-order valence-corrected chi connectivity index (χ0v) is 19.6.